The van der Waals surface area contributed by atoms with E-state index in [0.717, 1.165) is 32.1 Å². The van der Waals surface area contributed by atoms with Crippen LogP contribution in [-0.2, 0) is 0 Å². The van der Waals surface area contributed by atoms with Crippen molar-refractivity contribution in [1.29, 1.82) is 0 Å². The van der Waals surface area contributed by atoms with Crippen molar-refractivity contribution in [3.05, 3.63) is 0 Å². The summed E-state index contributed by atoms with van der Waals surface area (Å²) in [5.74, 6) is 0.978. The summed E-state index contributed by atoms with van der Waals surface area (Å²) in [6.07, 6.45) is 5.10. The quantitative estimate of drug-likeness (QED) is 0.238. The lowest BCUT2D eigenvalue weighted by Crippen LogP contribution is -2.49. The van der Waals surface area contributed by atoms with Crippen molar-refractivity contribution < 1.29 is 0 Å². The number of unbranched alkanes of at least 4 members (excludes halogenated alkanes) is 3. The van der Waals surface area contributed by atoms with Gasteiger partial charge in [-0.15, -0.1) is 24.0 Å². The fourth-order valence-electron chi connectivity index (χ4n) is 2.73. The summed E-state index contributed by atoms with van der Waals surface area (Å²) in [6, 6.07) is 0. The summed E-state index contributed by atoms with van der Waals surface area (Å²) in [5.41, 5.74) is 0. The molecular formula is C17H38IN5. The van der Waals surface area contributed by atoms with Gasteiger partial charge in [-0.3, -0.25) is 9.89 Å². The second-order valence-corrected chi connectivity index (χ2v) is 6.02. The third kappa shape index (κ3) is 11.2. The smallest absolute Gasteiger partial charge is 0.191 e. The minimum atomic E-state index is 0. The fourth-order valence-corrected chi connectivity index (χ4v) is 2.73. The first-order valence-corrected chi connectivity index (χ1v) is 9.27. The highest BCUT2D eigenvalue weighted by Gasteiger charge is 2.14. The SMILES string of the molecule is CCCCCCN=C(NCC)NCCN1CCN(CC)CC1.I. The Morgan fingerprint density at radius 1 is 0.913 bits per heavy atom. The number of nitrogens with one attached hydrogen (secondary N) is 2. The number of guanidine groups is 1. The van der Waals surface area contributed by atoms with Crippen molar-refractivity contribution in [2.24, 2.45) is 4.99 Å². The van der Waals surface area contributed by atoms with Crippen LogP contribution in [0.2, 0.25) is 0 Å². The number of aliphatic imine (C=N–C) groups is 1. The van der Waals surface area contributed by atoms with Gasteiger partial charge in [0.1, 0.15) is 0 Å². The molecule has 23 heavy (non-hydrogen) atoms. The zero-order valence-corrected chi connectivity index (χ0v) is 17.8. The van der Waals surface area contributed by atoms with Crippen molar-refractivity contribution in [3.63, 3.8) is 0 Å². The molecule has 2 N–H and O–H groups in total. The molecule has 1 aliphatic heterocycles. The lowest BCUT2D eigenvalue weighted by Gasteiger charge is -2.34. The van der Waals surface area contributed by atoms with E-state index >= 15 is 0 Å². The van der Waals surface area contributed by atoms with Crippen LogP contribution in [0.1, 0.15) is 46.5 Å². The Kier molecular flexibility index (Phi) is 15.4. The molecule has 0 aromatic rings. The number of hydrogen-bond donors (Lipinski definition) is 2. The highest BCUT2D eigenvalue weighted by molar-refractivity contribution is 14.0. The van der Waals surface area contributed by atoms with Gasteiger partial charge in [-0.2, -0.15) is 0 Å². The molecule has 1 saturated heterocycles. The molecule has 0 saturated carbocycles. The number of nitrogens with zero attached hydrogens (tertiary/aromatic N) is 3. The van der Waals surface area contributed by atoms with Crippen LogP contribution in [0, 0.1) is 0 Å². The second kappa shape index (κ2) is 15.4. The van der Waals surface area contributed by atoms with Gasteiger partial charge in [0.25, 0.3) is 0 Å². The molecule has 0 aromatic carbocycles. The highest BCUT2D eigenvalue weighted by atomic mass is 127. The number of rotatable bonds is 10. The second-order valence-electron chi connectivity index (χ2n) is 6.02. The van der Waals surface area contributed by atoms with E-state index in [1.807, 2.05) is 0 Å². The first-order valence-electron chi connectivity index (χ1n) is 9.27. The van der Waals surface area contributed by atoms with Crippen molar-refractivity contribution in [1.82, 2.24) is 20.4 Å². The van der Waals surface area contributed by atoms with Crippen LogP contribution in [0.25, 0.3) is 0 Å². The lowest BCUT2D eigenvalue weighted by atomic mass is 10.2. The Bertz CT molecular complexity index is 291. The van der Waals surface area contributed by atoms with Crippen molar-refractivity contribution in [3.8, 4) is 0 Å². The molecule has 5 nitrogen and oxygen atoms in total. The monoisotopic (exact) mass is 439 g/mol. The van der Waals surface area contributed by atoms with Gasteiger partial charge in [0.05, 0.1) is 0 Å². The standard InChI is InChI=1S/C17H37N5.HI/c1-4-7-8-9-10-19-17(18-5-2)20-11-12-22-15-13-21(6-3)14-16-22;/h4-16H2,1-3H3,(H2,18,19,20);1H. The van der Waals surface area contributed by atoms with Gasteiger partial charge in [0.15, 0.2) is 5.96 Å². The first-order chi connectivity index (χ1) is 10.8. The molecule has 0 unspecified atom stereocenters. The Morgan fingerprint density at radius 2 is 1.61 bits per heavy atom. The molecule has 0 aliphatic carbocycles. The fraction of sp³-hybridized carbons (Fsp3) is 0.941. The molecule has 0 bridgehead atoms. The lowest BCUT2D eigenvalue weighted by molar-refractivity contribution is 0.139. The molecule has 0 spiro atoms. The van der Waals surface area contributed by atoms with Crippen LogP contribution in [0.3, 0.4) is 0 Å². The van der Waals surface area contributed by atoms with Gasteiger partial charge in [-0.05, 0) is 19.9 Å². The molecule has 0 atom stereocenters. The summed E-state index contributed by atoms with van der Waals surface area (Å²) in [5, 5.41) is 6.81. The van der Waals surface area contributed by atoms with Crippen LogP contribution >= 0.6 is 24.0 Å². The Labute approximate surface area is 160 Å². The number of likely N-dealkylation sites (N-methyl/N-ethyl adjacent to an activating group) is 1. The van der Waals surface area contributed by atoms with Crippen LogP contribution < -0.4 is 10.6 Å². The predicted molar refractivity (Wildman–Crippen MR) is 112 cm³/mol. The van der Waals surface area contributed by atoms with E-state index in [4.69, 9.17) is 0 Å². The highest BCUT2D eigenvalue weighted by Crippen LogP contribution is 2.00. The Morgan fingerprint density at radius 3 is 2.22 bits per heavy atom. The summed E-state index contributed by atoms with van der Waals surface area (Å²) >= 11 is 0. The third-order valence-corrected chi connectivity index (χ3v) is 4.26. The topological polar surface area (TPSA) is 42.9 Å². The van der Waals surface area contributed by atoms with Gasteiger partial charge in [-0.25, -0.2) is 0 Å². The van der Waals surface area contributed by atoms with Gasteiger partial charge in [0.2, 0.25) is 0 Å². The molecule has 6 heteroatoms. The maximum Gasteiger partial charge on any atom is 0.191 e. The molecule has 0 aromatic heterocycles. The van der Waals surface area contributed by atoms with E-state index in [1.165, 1.54) is 58.4 Å². The van der Waals surface area contributed by atoms with Gasteiger partial charge < -0.3 is 15.5 Å². The molecule has 1 fully saturated rings. The maximum absolute atomic E-state index is 4.66. The van der Waals surface area contributed by atoms with Crippen LogP contribution in [0.4, 0.5) is 0 Å². The van der Waals surface area contributed by atoms with Crippen LogP contribution in [0.5, 0.6) is 0 Å². The molecular weight excluding hydrogens is 401 g/mol. The maximum atomic E-state index is 4.66. The van der Waals surface area contributed by atoms with E-state index in [-0.39, 0.29) is 24.0 Å². The minimum absolute atomic E-state index is 0. The molecule has 1 heterocycles. The van der Waals surface area contributed by atoms with Crippen molar-refractivity contribution in [2.75, 3.05) is 58.9 Å². The van der Waals surface area contributed by atoms with E-state index < -0.39 is 0 Å². The van der Waals surface area contributed by atoms with Gasteiger partial charge in [0, 0.05) is 52.4 Å². The first kappa shape index (κ1) is 22.9. The Hall–Kier alpha value is -0.0800. The van der Waals surface area contributed by atoms with Gasteiger partial charge in [-0.1, -0.05) is 33.1 Å². The van der Waals surface area contributed by atoms with E-state index in [9.17, 15) is 0 Å². The molecule has 0 amide bonds. The number of piperazine rings is 1. The third-order valence-electron chi connectivity index (χ3n) is 4.26. The Balaban J connectivity index is 0.00000484. The average Bonchev–Trinajstić information content (AvgIpc) is 2.55. The molecule has 1 aliphatic rings. The summed E-state index contributed by atoms with van der Waals surface area (Å²) in [7, 11) is 0. The average molecular weight is 439 g/mol. The zero-order chi connectivity index (χ0) is 16.0. The van der Waals surface area contributed by atoms with Crippen LogP contribution in [-0.4, -0.2) is 74.7 Å². The van der Waals surface area contributed by atoms with E-state index in [1.54, 1.807) is 0 Å². The normalized spacial score (nSPS) is 16.9. The zero-order valence-electron chi connectivity index (χ0n) is 15.4. The predicted octanol–water partition coefficient (Wildman–Crippen LogP) is 2.38. The van der Waals surface area contributed by atoms with Crippen molar-refractivity contribution in [2.45, 2.75) is 46.5 Å². The van der Waals surface area contributed by atoms with Crippen LogP contribution in [0.15, 0.2) is 4.99 Å². The minimum Gasteiger partial charge on any atom is -0.357 e. The largest absolute Gasteiger partial charge is 0.357 e. The summed E-state index contributed by atoms with van der Waals surface area (Å²) in [4.78, 5) is 9.73. The van der Waals surface area contributed by atoms with E-state index in [0.29, 0.717) is 0 Å². The molecule has 0 radical (unpaired) electrons. The molecule has 1 rings (SSSR count). The molecule has 138 valence electrons. The van der Waals surface area contributed by atoms with E-state index in [2.05, 4.69) is 46.2 Å². The number of hydrogen-bond acceptors (Lipinski definition) is 3. The number of halogens is 1. The van der Waals surface area contributed by atoms with Gasteiger partial charge >= 0.3 is 0 Å². The van der Waals surface area contributed by atoms with Crippen molar-refractivity contribution >= 4 is 29.9 Å². The summed E-state index contributed by atoms with van der Waals surface area (Å²) < 4.78 is 0. The summed E-state index contributed by atoms with van der Waals surface area (Å²) in [6.45, 7) is 16.6.